The fourth-order valence-corrected chi connectivity index (χ4v) is 1.05. The first-order valence-corrected chi connectivity index (χ1v) is 3.11. The summed E-state index contributed by atoms with van der Waals surface area (Å²) in [5, 5.41) is 11.7. The summed E-state index contributed by atoms with van der Waals surface area (Å²) in [5.74, 6) is -0.0267. The maximum absolute atomic E-state index is 10.7. The Labute approximate surface area is 58.1 Å². The van der Waals surface area contributed by atoms with Crippen LogP contribution in [0.2, 0.25) is 0 Å². The second-order valence-electron chi connectivity index (χ2n) is 2.22. The molecule has 1 heterocycles. The highest BCUT2D eigenvalue weighted by Crippen LogP contribution is 2.15. The molecule has 10 heavy (non-hydrogen) atoms. The van der Waals surface area contributed by atoms with Crippen LogP contribution in [0.25, 0.3) is 10.9 Å². The van der Waals surface area contributed by atoms with Crippen molar-refractivity contribution in [1.82, 2.24) is 4.98 Å². The average molecular weight is 132 g/mol. The van der Waals surface area contributed by atoms with Gasteiger partial charge in [0.25, 0.3) is 0 Å². The zero-order valence-electron chi connectivity index (χ0n) is 5.29. The van der Waals surface area contributed by atoms with E-state index in [4.69, 9.17) is 0 Å². The molecule has 1 aromatic heterocycles. The normalized spacial score (nSPS) is 10.4. The third-order valence-corrected chi connectivity index (χ3v) is 1.51. The summed E-state index contributed by atoms with van der Waals surface area (Å²) in [6, 6.07) is 9.20. The van der Waals surface area contributed by atoms with Gasteiger partial charge in [-0.05, 0) is 23.4 Å². The van der Waals surface area contributed by atoms with E-state index in [-0.39, 0.29) is 5.88 Å². The number of aromatic amines is 1. The van der Waals surface area contributed by atoms with Gasteiger partial charge in [0.2, 0.25) is 0 Å². The quantitative estimate of drug-likeness (QED) is 0.575. The molecule has 2 aromatic rings. The summed E-state index contributed by atoms with van der Waals surface area (Å²) < 4.78 is 0. The molecule has 0 bridgehead atoms. The van der Waals surface area contributed by atoms with Crippen molar-refractivity contribution in [3.8, 4) is 5.88 Å². The summed E-state index contributed by atoms with van der Waals surface area (Å²) in [6.07, 6.45) is 0. The number of rotatable bonds is 0. The summed E-state index contributed by atoms with van der Waals surface area (Å²) in [5.41, 5.74) is 0.910. The molecule has 0 atom stereocenters. The van der Waals surface area contributed by atoms with Crippen LogP contribution in [-0.4, -0.2) is 4.98 Å². The highest BCUT2D eigenvalue weighted by atomic mass is 16.3. The van der Waals surface area contributed by atoms with E-state index in [2.05, 4.69) is 4.98 Å². The van der Waals surface area contributed by atoms with Crippen molar-refractivity contribution in [2.24, 2.45) is 0 Å². The van der Waals surface area contributed by atoms with Crippen molar-refractivity contribution in [2.75, 3.05) is 0 Å². The molecular formula is C8H6NO-. The zero-order chi connectivity index (χ0) is 6.97. The second-order valence-corrected chi connectivity index (χ2v) is 2.22. The number of benzene rings is 1. The van der Waals surface area contributed by atoms with Gasteiger partial charge >= 0.3 is 0 Å². The first kappa shape index (κ1) is 5.35. The molecule has 0 unspecified atom stereocenters. The molecule has 0 radical (unpaired) electrons. The number of fused-ring (bicyclic) bond motifs is 1. The van der Waals surface area contributed by atoms with Gasteiger partial charge < -0.3 is 10.1 Å². The Hall–Kier alpha value is -1.44. The molecule has 2 nitrogen and oxygen atoms in total. The zero-order valence-corrected chi connectivity index (χ0v) is 5.29. The van der Waals surface area contributed by atoms with Gasteiger partial charge in [-0.25, -0.2) is 0 Å². The molecule has 50 valence electrons. The molecule has 0 spiro atoms. The standard InChI is InChI=1S/C8H7NO/c10-8-5-6-3-1-2-4-7(6)9-8/h1-5,9-10H/p-1. The first-order chi connectivity index (χ1) is 4.86. The lowest BCUT2D eigenvalue weighted by Gasteiger charge is -1.93. The maximum Gasteiger partial charge on any atom is 0.0448 e. The lowest BCUT2D eigenvalue weighted by Crippen LogP contribution is -1.86. The van der Waals surface area contributed by atoms with Crippen molar-refractivity contribution in [3.05, 3.63) is 30.3 Å². The van der Waals surface area contributed by atoms with E-state index in [0.717, 1.165) is 10.9 Å². The molecule has 0 aliphatic carbocycles. The summed E-state index contributed by atoms with van der Waals surface area (Å²) in [6.45, 7) is 0. The van der Waals surface area contributed by atoms with E-state index in [1.807, 2.05) is 24.3 Å². The van der Waals surface area contributed by atoms with Gasteiger partial charge in [-0.2, -0.15) is 0 Å². The molecule has 0 aliphatic rings. The van der Waals surface area contributed by atoms with Crippen molar-refractivity contribution >= 4 is 10.9 Å². The smallest absolute Gasteiger partial charge is 0.0448 e. The molecule has 0 saturated carbocycles. The lowest BCUT2D eigenvalue weighted by atomic mass is 10.3. The van der Waals surface area contributed by atoms with E-state index in [0.29, 0.717) is 0 Å². The summed E-state index contributed by atoms with van der Waals surface area (Å²) in [7, 11) is 0. The predicted octanol–water partition coefficient (Wildman–Crippen LogP) is 1.24. The van der Waals surface area contributed by atoms with E-state index in [1.165, 1.54) is 0 Å². The number of aromatic nitrogens is 1. The summed E-state index contributed by atoms with van der Waals surface area (Å²) in [4.78, 5) is 2.70. The van der Waals surface area contributed by atoms with Crippen molar-refractivity contribution in [1.29, 1.82) is 0 Å². The monoisotopic (exact) mass is 132 g/mol. The molecule has 0 fully saturated rings. The highest BCUT2D eigenvalue weighted by Gasteiger charge is 1.89. The van der Waals surface area contributed by atoms with E-state index in [1.54, 1.807) is 6.07 Å². The fraction of sp³-hybridized carbons (Fsp3) is 0. The summed E-state index contributed by atoms with van der Waals surface area (Å²) >= 11 is 0. The molecule has 0 saturated heterocycles. The van der Waals surface area contributed by atoms with Crippen molar-refractivity contribution in [3.63, 3.8) is 0 Å². The Morgan fingerprint density at radius 1 is 1.20 bits per heavy atom. The Morgan fingerprint density at radius 3 is 2.80 bits per heavy atom. The molecule has 1 N–H and O–H groups in total. The van der Waals surface area contributed by atoms with Gasteiger partial charge in [-0.3, -0.25) is 0 Å². The van der Waals surface area contributed by atoms with Gasteiger partial charge in [0, 0.05) is 5.52 Å². The Balaban J connectivity index is 2.88. The molecule has 0 aliphatic heterocycles. The molecule has 2 rings (SSSR count). The molecule has 0 amide bonds. The topological polar surface area (TPSA) is 38.8 Å². The van der Waals surface area contributed by atoms with Crippen LogP contribution in [-0.2, 0) is 0 Å². The van der Waals surface area contributed by atoms with Crippen LogP contribution < -0.4 is 5.11 Å². The maximum atomic E-state index is 10.7. The highest BCUT2D eigenvalue weighted by molar-refractivity contribution is 5.80. The van der Waals surface area contributed by atoms with Crippen molar-refractivity contribution < 1.29 is 5.11 Å². The molecular weight excluding hydrogens is 126 g/mol. The van der Waals surface area contributed by atoms with Gasteiger partial charge in [0.1, 0.15) is 0 Å². The number of H-pyrrole nitrogens is 1. The van der Waals surface area contributed by atoms with Crippen LogP contribution in [0.1, 0.15) is 0 Å². The number of hydrogen-bond acceptors (Lipinski definition) is 1. The molecule has 1 aromatic carbocycles. The second kappa shape index (κ2) is 1.77. The van der Waals surface area contributed by atoms with E-state index < -0.39 is 0 Å². The van der Waals surface area contributed by atoms with Crippen LogP contribution in [0.3, 0.4) is 0 Å². The van der Waals surface area contributed by atoms with Gasteiger partial charge in [0.15, 0.2) is 0 Å². The minimum absolute atomic E-state index is 0.0267. The third kappa shape index (κ3) is 0.658. The van der Waals surface area contributed by atoms with E-state index >= 15 is 0 Å². The third-order valence-electron chi connectivity index (χ3n) is 1.51. The predicted molar refractivity (Wildman–Crippen MR) is 37.7 cm³/mol. The lowest BCUT2D eigenvalue weighted by molar-refractivity contribution is -0.274. The van der Waals surface area contributed by atoms with Gasteiger partial charge in [-0.15, -0.1) is 0 Å². The average Bonchev–Trinajstić information content (AvgIpc) is 2.27. The van der Waals surface area contributed by atoms with Crippen LogP contribution in [0, 0.1) is 0 Å². The Bertz CT molecular complexity index is 318. The van der Waals surface area contributed by atoms with Gasteiger partial charge in [0.05, 0.1) is 0 Å². The largest absolute Gasteiger partial charge is 0.860 e. The Kier molecular flexibility index (Phi) is 0.947. The minimum Gasteiger partial charge on any atom is -0.860 e. The van der Waals surface area contributed by atoms with Gasteiger partial charge in [-0.1, -0.05) is 18.2 Å². The number of hydrogen-bond donors (Lipinski definition) is 1. The van der Waals surface area contributed by atoms with Crippen molar-refractivity contribution in [2.45, 2.75) is 0 Å². The van der Waals surface area contributed by atoms with Crippen LogP contribution in [0.15, 0.2) is 30.3 Å². The van der Waals surface area contributed by atoms with Crippen LogP contribution in [0.5, 0.6) is 5.88 Å². The Morgan fingerprint density at radius 2 is 2.00 bits per heavy atom. The minimum atomic E-state index is -0.0267. The van der Waals surface area contributed by atoms with E-state index in [9.17, 15) is 5.11 Å². The number of para-hydroxylation sites is 1. The first-order valence-electron chi connectivity index (χ1n) is 3.11. The SMILES string of the molecule is [O-]c1cc2ccccc2[nH]1. The molecule has 2 heteroatoms. The van der Waals surface area contributed by atoms with Crippen LogP contribution in [0.4, 0.5) is 0 Å². The number of nitrogens with one attached hydrogen (secondary N) is 1. The fourth-order valence-electron chi connectivity index (χ4n) is 1.05. The van der Waals surface area contributed by atoms with Crippen LogP contribution >= 0.6 is 0 Å².